The summed E-state index contributed by atoms with van der Waals surface area (Å²) in [6.07, 6.45) is 6.58. The first-order valence-electron chi connectivity index (χ1n) is 8.77. The Balaban J connectivity index is 0.00000225. The van der Waals surface area contributed by atoms with E-state index in [1.807, 2.05) is 12.3 Å². The van der Waals surface area contributed by atoms with Gasteiger partial charge < -0.3 is 15.2 Å². The molecule has 2 N–H and O–H groups in total. The monoisotopic (exact) mass is 362 g/mol. The molecule has 0 unspecified atom stereocenters. The quantitative estimate of drug-likeness (QED) is 0.830. The second-order valence-corrected chi connectivity index (χ2v) is 6.57. The zero-order valence-corrected chi connectivity index (χ0v) is 15.5. The fourth-order valence-electron chi connectivity index (χ4n) is 3.29. The Morgan fingerprint density at radius 1 is 1.36 bits per heavy atom. The van der Waals surface area contributed by atoms with E-state index in [2.05, 4.69) is 51.4 Å². The van der Waals surface area contributed by atoms with E-state index in [4.69, 9.17) is 0 Å². The normalized spacial score (nSPS) is 19.9. The van der Waals surface area contributed by atoms with Gasteiger partial charge in [-0.05, 0) is 38.3 Å². The molecule has 0 bridgehead atoms. The van der Waals surface area contributed by atoms with E-state index in [0.717, 1.165) is 38.2 Å². The Kier molecular flexibility index (Phi) is 7.47. The first-order chi connectivity index (χ1) is 11.7. The van der Waals surface area contributed by atoms with Crippen molar-refractivity contribution in [1.29, 1.82) is 0 Å². The van der Waals surface area contributed by atoms with Crippen LogP contribution in [0, 0.1) is 5.92 Å². The number of hydrogen-bond acceptors (Lipinski definition) is 3. The molecule has 1 aromatic carbocycles. The van der Waals surface area contributed by atoms with Crippen LogP contribution in [-0.4, -0.2) is 28.0 Å². The van der Waals surface area contributed by atoms with E-state index >= 15 is 0 Å². The van der Waals surface area contributed by atoms with E-state index < -0.39 is 0 Å². The lowest BCUT2D eigenvalue weighted by Crippen LogP contribution is -2.42. The summed E-state index contributed by atoms with van der Waals surface area (Å²) in [4.78, 5) is 16.7. The lowest BCUT2D eigenvalue weighted by molar-refractivity contribution is -0.126. The largest absolute Gasteiger partial charge is 0.349 e. The van der Waals surface area contributed by atoms with Crippen LogP contribution in [0.3, 0.4) is 0 Å². The van der Waals surface area contributed by atoms with Crippen LogP contribution in [0.2, 0.25) is 0 Å². The van der Waals surface area contributed by atoms with Crippen LogP contribution in [0.5, 0.6) is 0 Å². The van der Waals surface area contributed by atoms with Crippen molar-refractivity contribution < 1.29 is 4.79 Å². The number of carbonyl (C=O) groups is 1. The van der Waals surface area contributed by atoms with Gasteiger partial charge in [0.25, 0.3) is 0 Å². The second kappa shape index (κ2) is 9.59. The molecule has 1 aliphatic heterocycles. The highest BCUT2D eigenvalue weighted by Crippen LogP contribution is 2.16. The zero-order valence-electron chi connectivity index (χ0n) is 14.6. The first kappa shape index (κ1) is 19.5. The van der Waals surface area contributed by atoms with Gasteiger partial charge in [-0.15, -0.1) is 12.4 Å². The van der Waals surface area contributed by atoms with Crippen molar-refractivity contribution in [2.75, 3.05) is 6.54 Å². The molecule has 0 saturated carbocycles. The van der Waals surface area contributed by atoms with Crippen LogP contribution < -0.4 is 10.6 Å². The summed E-state index contributed by atoms with van der Waals surface area (Å²) in [5, 5.41) is 6.45. The van der Waals surface area contributed by atoms with E-state index in [1.165, 1.54) is 5.56 Å². The summed E-state index contributed by atoms with van der Waals surface area (Å²) in [5.41, 5.74) is 1.31. The van der Waals surface area contributed by atoms with Gasteiger partial charge in [0.05, 0.1) is 6.54 Å². The van der Waals surface area contributed by atoms with Crippen LogP contribution in [0.4, 0.5) is 0 Å². The van der Waals surface area contributed by atoms with Gasteiger partial charge in [-0.3, -0.25) is 4.79 Å². The number of piperidine rings is 1. The van der Waals surface area contributed by atoms with Crippen LogP contribution in [0.1, 0.15) is 31.2 Å². The number of aromatic nitrogens is 2. The van der Waals surface area contributed by atoms with Crippen molar-refractivity contribution in [3.63, 3.8) is 0 Å². The van der Waals surface area contributed by atoms with Crippen LogP contribution in [0.15, 0.2) is 42.7 Å². The highest BCUT2D eigenvalue weighted by molar-refractivity contribution is 5.85. The van der Waals surface area contributed by atoms with E-state index in [0.29, 0.717) is 12.6 Å². The zero-order chi connectivity index (χ0) is 16.8. The van der Waals surface area contributed by atoms with Crippen molar-refractivity contribution in [3.8, 4) is 0 Å². The number of halogens is 1. The summed E-state index contributed by atoms with van der Waals surface area (Å²) in [7, 11) is 0. The number of carbonyl (C=O) groups excluding carboxylic acids is 1. The number of amides is 1. The number of imidazole rings is 1. The number of aryl methyl sites for hydroxylation is 2. The minimum absolute atomic E-state index is 0. The molecule has 2 aromatic rings. The summed E-state index contributed by atoms with van der Waals surface area (Å²) in [6.45, 7) is 4.43. The molecule has 6 heteroatoms. The molecule has 1 saturated heterocycles. The third kappa shape index (κ3) is 5.58. The van der Waals surface area contributed by atoms with Crippen molar-refractivity contribution in [1.82, 2.24) is 20.2 Å². The van der Waals surface area contributed by atoms with Crippen molar-refractivity contribution in [3.05, 3.63) is 54.1 Å². The number of hydrogen-bond donors (Lipinski definition) is 2. The standard InChI is InChI=1S/C19H26N4O.ClH/c1-15-13-17(7-9-20-15)19(24)22-14-18-21-10-12-23(18)11-8-16-5-3-2-4-6-16;/h2-6,10,12,15,17,20H,7-9,11,13-14H2,1H3,(H,22,24);1H/t15-,17-;/m0./s1. The van der Waals surface area contributed by atoms with Crippen molar-refractivity contribution in [2.24, 2.45) is 5.92 Å². The minimum atomic E-state index is 0. The third-order valence-electron chi connectivity index (χ3n) is 4.70. The number of nitrogens with zero attached hydrogens (tertiary/aromatic N) is 2. The van der Waals surface area contributed by atoms with Gasteiger partial charge in [0, 0.05) is 30.9 Å². The summed E-state index contributed by atoms with van der Waals surface area (Å²) < 4.78 is 2.12. The Morgan fingerprint density at radius 2 is 2.16 bits per heavy atom. The molecule has 2 atom stereocenters. The molecule has 25 heavy (non-hydrogen) atoms. The molecule has 5 nitrogen and oxygen atoms in total. The maximum absolute atomic E-state index is 12.4. The predicted octanol–water partition coefficient (Wildman–Crippen LogP) is 2.55. The highest BCUT2D eigenvalue weighted by atomic mass is 35.5. The number of nitrogens with one attached hydrogen (secondary N) is 2. The van der Waals surface area contributed by atoms with Crippen LogP contribution in [0.25, 0.3) is 0 Å². The smallest absolute Gasteiger partial charge is 0.223 e. The van der Waals surface area contributed by atoms with Gasteiger partial charge in [0.15, 0.2) is 0 Å². The maximum atomic E-state index is 12.4. The van der Waals surface area contributed by atoms with Crippen molar-refractivity contribution in [2.45, 2.75) is 45.3 Å². The molecule has 1 aromatic heterocycles. The third-order valence-corrected chi connectivity index (χ3v) is 4.70. The Hall–Kier alpha value is -1.85. The highest BCUT2D eigenvalue weighted by Gasteiger charge is 2.24. The molecule has 3 rings (SSSR count). The van der Waals surface area contributed by atoms with Gasteiger partial charge in [-0.1, -0.05) is 30.3 Å². The minimum Gasteiger partial charge on any atom is -0.349 e. The van der Waals surface area contributed by atoms with E-state index in [9.17, 15) is 4.79 Å². The van der Waals surface area contributed by atoms with Gasteiger partial charge in [-0.2, -0.15) is 0 Å². The maximum Gasteiger partial charge on any atom is 0.223 e. The Bertz CT molecular complexity index is 658. The molecule has 1 aliphatic rings. The molecule has 1 fully saturated rings. The second-order valence-electron chi connectivity index (χ2n) is 6.57. The number of benzene rings is 1. The van der Waals surface area contributed by atoms with Gasteiger partial charge in [0.2, 0.25) is 5.91 Å². The summed E-state index contributed by atoms with van der Waals surface area (Å²) in [5.74, 6) is 1.19. The summed E-state index contributed by atoms with van der Waals surface area (Å²) >= 11 is 0. The Morgan fingerprint density at radius 3 is 2.92 bits per heavy atom. The fourth-order valence-corrected chi connectivity index (χ4v) is 3.29. The first-order valence-corrected chi connectivity index (χ1v) is 8.77. The topological polar surface area (TPSA) is 59.0 Å². The summed E-state index contributed by atoms with van der Waals surface area (Å²) in [6, 6.07) is 10.8. The molecule has 0 radical (unpaired) electrons. The lowest BCUT2D eigenvalue weighted by Gasteiger charge is -2.27. The molecular formula is C19H27ClN4O. The Labute approximate surface area is 155 Å². The van der Waals surface area contributed by atoms with Crippen molar-refractivity contribution >= 4 is 18.3 Å². The SMILES string of the molecule is C[C@H]1C[C@@H](C(=O)NCc2nccn2CCc2ccccc2)CCN1.Cl. The van der Waals surface area contributed by atoms with Gasteiger partial charge in [-0.25, -0.2) is 4.98 Å². The van der Waals surface area contributed by atoms with E-state index in [-0.39, 0.29) is 24.2 Å². The van der Waals surface area contributed by atoms with Gasteiger partial charge >= 0.3 is 0 Å². The predicted molar refractivity (Wildman–Crippen MR) is 102 cm³/mol. The van der Waals surface area contributed by atoms with Gasteiger partial charge in [0.1, 0.15) is 5.82 Å². The molecule has 0 spiro atoms. The average Bonchev–Trinajstić information content (AvgIpc) is 3.06. The molecule has 0 aliphatic carbocycles. The lowest BCUT2D eigenvalue weighted by atomic mass is 9.92. The van der Waals surface area contributed by atoms with Crippen LogP contribution >= 0.6 is 12.4 Å². The average molecular weight is 363 g/mol. The molecular weight excluding hydrogens is 336 g/mol. The fraction of sp³-hybridized carbons (Fsp3) is 0.474. The molecule has 136 valence electrons. The molecule has 2 heterocycles. The molecule has 1 amide bonds. The van der Waals surface area contributed by atoms with E-state index in [1.54, 1.807) is 6.20 Å². The number of rotatable bonds is 6. The van der Waals surface area contributed by atoms with Crippen LogP contribution in [-0.2, 0) is 24.3 Å².